The number of amides is 1. The molecular formula is C23H23ClF3N5O2. The van der Waals surface area contributed by atoms with E-state index < -0.39 is 46.8 Å². The van der Waals surface area contributed by atoms with Crippen molar-refractivity contribution in [3.05, 3.63) is 71.9 Å². The summed E-state index contributed by atoms with van der Waals surface area (Å²) >= 11 is 0. The van der Waals surface area contributed by atoms with Crippen LogP contribution in [0, 0.1) is 23.4 Å². The number of nitrogens with one attached hydrogen (secondary N) is 1. The first-order valence-corrected chi connectivity index (χ1v) is 10.3. The molecule has 3 heterocycles. The van der Waals surface area contributed by atoms with Crippen LogP contribution in [0.4, 0.5) is 24.5 Å². The van der Waals surface area contributed by atoms with Crippen molar-refractivity contribution in [2.45, 2.75) is 19.1 Å². The van der Waals surface area contributed by atoms with Crippen LogP contribution in [-0.4, -0.2) is 46.2 Å². The lowest BCUT2D eigenvalue weighted by Gasteiger charge is -2.40. The number of aromatic nitrogens is 2. The summed E-state index contributed by atoms with van der Waals surface area (Å²) in [5.41, 5.74) is 5.55. The van der Waals surface area contributed by atoms with Crippen molar-refractivity contribution in [2.24, 2.45) is 11.7 Å². The monoisotopic (exact) mass is 493 g/mol. The summed E-state index contributed by atoms with van der Waals surface area (Å²) < 4.78 is 42.7. The zero-order valence-corrected chi connectivity index (χ0v) is 18.9. The summed E-state index contributed by atoms with van der Waals surface area (Å²) in [6.07, 6.45) is 2.36. The summed E-state index contributed by atoms with van der Waals surface area (Å²) in [5.74, 6) is -3.76. The van der Waals surface area contributed by atoms with E-state index in [1.54, 1.807) is 12.3 Å². The second-order valence-corrected chi connectivity index (χ2v) is 8.01. The van der Waals surface area contributed by atoms with Gasteiger partial charge in [0.25, 0.3) is 5.91 Å². The Morgan fingerprint density at radius 1 is 1.12 bits per heavy atom. The molecule has 34 heavy (non-hydrogen) atoms. The summed E-state index contributed by atoms with van der Waals surface area (Å²) in [4.78, 5) is 22.8. The van der Waals surface area contributed by atoms with Gasteiger partial charge < -0.3 is 21.1 Å². The maximum atomic E-state index is 14.3. The van der Waals surface area contributed by atoms with E-state index >= 15 is 0 Å². The second kappa shape index (κ2) is 10.4. The number of anilines is 2. The van der Waals surface area contributed by atoms with Gasteiger partial charge in [0.05, 0.1) is 29.2 Å². The number of piperidine rings is 1. The first-order valence-electron chi connectivity index (χ1n) is 10.3. The number of nitrogens with zero attached hydrogens (tertiary/aromatic N) is 3. The molecule has 1 amide bonds. The number of benzene rings is 1. The lowest BCUT2D eigenvalue weighted by atomic mass is 9.92. The molecule has 1 aliphatic rings. The normalized spacial score (nSPS) is 19.9. The van der Waals surface area contributed by atoms with Crippen molar-refractivity contribution in [1.29, 1.82) is 0 Å². The Bertz CT molecular complexity index is 1170. The van der Waals surface area contributed by atoms with Crippen LogP contribution in [0.5, 0.6) is 0 Å². The van der Waals surface area contributed by atoms with Gasteiger partial charge in [0.2, 0.25) is 0 Å². The van der Waals surface area contributed by atoms with Crippen LogP contribution in [-0.2, 0) is 0 Å². The Balaban J connectivity index is 0.00000324. The molecule has 0 spiro atoms. The molecule has 0 saturated carbocycles. The minimum absolute atomic E-state index is 0. The molecular weight excluding hydrogens is 471 g/mol. The molecule has 7 nitrogen and oxygen atoms in total. The molecule has 1 aromatic carbocycles. The fourth-order valence-corrected chi connectivity index (χ4v) is 3.92. The lowest BCUT2D eigenvalue weighted by Crippen LogP contribution is -2.55. The molecule has 1 fully saturated rings. The highest BCUT2D eigenvalue weighted by molar-refractivity contribution is 6.04. The van der Waals surface area contributed by atoms with Gasteiger partial charge in [-0.25, -0.2) is 18.2 Å². The van der Waals surface area contributed by atoms with Crippen LogP contribution in [0.25, 0.3) is 11.3 Å². The smallest absolute Gasteiger partial charge is 0.274 e. The van der Waals surface area contributed by atoms with E-state index in [1.807, 2.05) is 11.8 Å². The van der Waals surface area contributed by atoms with Crippen molar-refractivity contribution in [3.63, 3.8) is 0 Å². The molecule has 0 unspecified atom stereocenters. The average molecular weight is 494 g/mol. The molecule has 0 bridgehead atoms. The standard InChI is InChI=1S/C23H22F3N5O2.ClH/c1-12-10-31(11-16(27)22(12)32)19-7-8-28-9-18(19)30-23(33)17-6-5-15(26)21(29-17)20-13(24)3-2-4-14(20)25;/h2-9,12,16,22,32H,10-11,27H2,1H3,(H,30,33);1H/t12-,16+,22+;/m0./s1. The first kappa shape index (κ1) is 25.4. The molecule has 3 aromatic rings. The predicted octanol–water partition coefficient (Wildman–Crippen LogP) is 3.38. The van der Waals surface area contributed by atoms with E-state index in [-0.39, 0.29) is 24.0 Å². The second-order valence-electron chi connectivity index (χ2n) is 8.01. The van der Waals surface area contributed by atoms with Gasteiger partial charge >= 0.3 is 0 Å². The van der Waals surface area contributed by atoms with E-state index in [0.717, 1.165) is 30.3 Å². The van der Waals surface area contributed by atoms with E-state index in [4.69, 9.17) is 5.73 Å². The molecule has 0 radical (unpaired) electrons. The van der Waals surface area contributed by atoms with Gasteiger partial charge in [-0.1, -0.05) is 13.0 Å². The fraction of sp³-hybridized carbons (Fsp3) is 0.261. The van der Waals surface area contributed by atoms with E-state index in [1.165, 1.54) is 6.20 Å². The number of rotatable bonds is 4. The van der Waals surface area contributed by atoms with Crippen molar-refractivity contribution in [1.82, 2.24) is 9.97 Å². The third kappa shape index (κ3) is 4.98. The molecule has 4 N–H and O–H groups in total. The van der Waals surface area contributed by atoms with Crippen LogP contribution in [0.15, 0.2) is 48.8 Å². The van der Waals surface area contributed by atoms with Gasteiger partial charge in [0.15, 0.2) is 0 Å². The third-order valence-electron chi connectivity index (χ3n) is 5.63. The van der Waals surface area contributed by atoms with Crippen molar-refractivity contribution in [2.75, 3.05) is 23.3 Å². The minimum Gasteiger partial charge on any atom is -0.391 e. The lowest BCUT2D eigenvalue weighted by molar-refractivity contribution is 0.0785. The Morgan fingerprint density at radius 2 is 1.82 bits per heavy atom. The number of carbonyl (C=O) groups excluding carboxylic acids is 1. The molecule has 11 heteroatoms. The number of halogens is 4. The number of hydrogen-bond donors (Lipinski definition) is 3. The largest absolute Gasteiger partial charge is 0.391 e. The van der Waals surface area contributed by atoms with Crippen LogP contribution in [0.2, 0.25) is 0 Å². The third-order valence-corrected chi connectivity index (χ3v) is 5.63. The zero-order chi connectivity index (χ0) is 23.7. The van der Waals surface area contributed by atoms with E-state index in [9.17, 15) is 23.1 Å². The van der Waals surface area contributed by atoms with Crippen molar-refractivity contribution >= 4 is 29.7 Å². The number of hydrogen-bond acceptors (Lipinski definition) is 6. The topological polar surface area (TPSA) is 104 Å². The van der Waals surface area contributed by atoms with Crippen LogP contribution < -0.4 is 16.0 Å². The van der Waals surface area contributed by atoms with Gasteiger partial charge in [0, 0.05) is 31.2 Å². The summed E-state index contributed by atoms with van der Waals surface area (Å²) in [5, 5.41) is 12.8. The number of aliphatic hydroxyl groups is 1. The van der Waals surface area contributed by atoms with E-state index in [0.29, 0.717) is 24.5 Å². The maximum Gasteiger partial charge on any atom is 0.274 e. The number of carbonyl (C=O) groups is 1. The zero-order valence-electron chi connectivity index (χ0n) is 18.1. The average Bonchev–Trinajstić information content (AvgIpc) is 2.78. The fourth-order valence-electron chi connectivity index (χ4n) is 3.92. The molecule has 180 valence electrons. The van der Waals surface area contributed by atoms with Crippen LogP contribution in [0.1, 0.15) is 17.4 Å². The highest BCUT2D eigenvalue weighted by Gasteiger charge is 2.32. The van der Waals surface area contributed by atoms with Gasteiger partial charge in [0.1, 0.15) is 28.8 Å². The molecule has 3 atom stereocenters. The molecule has 2 aromatic heterocycles. The van der Waals surface area contributed by atoms with E-state index in [2.05, 4.69) is 15.3 Å². The maximum absolute atomic E-state index is 14.3. The Morgan fingerprint density at radius 3 is 2.50 bits per heavy atom. The number of pyridine rings is 2. The van der Waals surface area contributed by atoms with Gasteiger partial charge in [-0.2, -0.15) is 0 Å². The Labute approximate surface area is 200 Å². The Hall–Kier alpha value is -3.21. The molecule has 4 rings (SSSR count). The first-order chi connectivity index (χ1) is 15.8. The number of aliphatic hydroxyl groups excluding tert-OH is 1. The number of nitrogens with two attached hydrogens (primary N) is 1. The van der Waals surface area contributed by atoms with Gasteiger partial charge in [-0.3, -0.25) is 9.78 Å². The van der Waals surface area contributed by atoms with Crippen molar-refractivity contribution in [3.8, 4) is 11.3 Å². The van der Waals surface area contributed by atoms with Crippen LogP contribution >= 0.6 is 12.4 Å². The molecule has 0 aliphatic carbocycles. The van der Waals surface area contributed by atoms with Gasteiger partial charge in [-0.05, 0) is 30.3 Å². The quantitative estimate of drug-likeness (QED) is 0.515. The van der Waals surface area contributed by atoms with Gasteiger partial charge in [-0.15, -0.1) is 12.4 Å². The molecule has 1 saturated heterocycles. The SMILES string of the molecule is C[C@H]1CN(c2ccncc2NC(=O)c2ccc(F)c(-c3c(F)cccc3F)n2)C[C@@H](N)[C@@H]1O.Cl. The van der Waals surface area contributed by atoms with Crippen LogP contribution in [0.3, 0.4) is 0 Å². The summed E-state index contributed by atoms with van der Waals surface area (Å²) in [6.45, 7) is 2.75. The predicted molar refractivity (Wildman–Crippen MR) is 124 cm³/mol. The molecule has 1 aliphatic heterocycles. The highest BCUT2D eigenvalue weighted by atomic mass is 35.5. The highest BCUT2D eigenvalue weighted by Crippen LogP contribution is 2.30. The Kier molecular flexibility index (Phi) is 7.75. The summed E-state index contributed by atoms with van der Waals surface area (Å²) in [7, 11) is 0. The minimum atomic E-state index is -0.994. The summed E-state index contributed by atoms with van der Waals surface area (Å²) in [6, 6.07) is 6.40. The van der Waals surface area contributed by atoms with Crippen molar-refractivity contribution < 1.29 is 23.1 Å².